The summed E-state index contributed by atoms with van der Waals surface area (Å²) in [6.45, 7) is 4.96. The number of hydrogen-bond donors (Lipinski definition) is 1. The third-order valence-electron chi connectivity index (χ3n) is 5.31. The molecular weight excluding hydrogens is 452 g/mol. The Bertz CT molecular complexity index is 1270. The average molecular weight is 471 g/mol. The van der Waals surface area contributed by atoms with E-state index in [0.29, 0.717) is 4.88 Å². The van der Waals surface area contributed by atoms with E-state index in [9.17, 15) is 14.9 Å². The van der Waals surface area contributed by atoms with Crippen molar-refractivity contribution in [3.05, 3.63) is 61.8 Å². The molecule has 1 aromatic carbocycles. The van der Waals surface area contributed by atoms with Crippen molar-refractivity contribution in [2.75, 3.05) is 18.4 Å². The number of thiazole rings is 1. The summed E-state index contributed by atoms with van der Waals surface area (Å²) in [6.07, 6.45) is 0.908. The number of likely N-dealkylation sites (N-methyl/N-ethyl adjacent to an activating group) is 1. The molecule has 0 fully saturated rings. The molecule has 4 heterocycles. The van der Waals surface area contributed by atoms with E-state index in [2.05, 4.69) is 23.2 Å². The molecule has 4 aromatic rings. The Morgan fingerprint density at radius 2 is 2.06 bits per heavy atom. The fraction of sp³-hybridized carbons (Fsp3) is 0.238. The van der Waals surface area contributed by atoms with Gasteiger partial charge < -0.3 is 5.32 Å². The number of fused-ring (bicyclic) bond motifs is 2. The highest BCUT2D eigenvalue weighted by atomic mass is 32.1. The molecule has 0 saturated heterocycles. The van der Waals surface area contributed by atoms with Crippen molar-refractivity contribution in [3.63, 3.8) is 0 Å². The summed E-state index contributed by atoms with van der Waals surface area (Å²) in [5, 5.41) is 15.6. The molecule has 31 heavy (non-hydrogen) atoms. The summed E-state index contributed by atoms with van der Waals surface area (Å²) >= 11 is 4.09. The summed E-state index contributed by atoms with van der Waals surface area (Å²) in [5.74, 6) is -0.327. The minimum Gasteiger partial charge on any atom is -0.312 e. The minimum atomic E-state index is -0.475. The summed E-state index contributed by atoms with van der Waals surface area (Å²) in [6, 6.07) is 10.9. The quantitative estimate of drug-likeness (QED) is 0.302. The molecule has 5 rings (SSSR count). The third-order valence-corrected chi connectivity index (χ3v) is 8.54. The van der Waals surface area contributed by atoms with Gasteiger partial charge >= 0.3 is 5.00 Å². The SMILES string of the molecule is CCN1CCc2c(sc(NC(=O)c3ccc([N+](=O)[O-])s3)c2-c2nc3ccccc3s2)C1. The van der Waals surface area contributed by atoms with Gasteiger partial charge in [0.2, 0.25) is 0 Å². The molecule has 1 amide bonds. The van der Waals surface area contributed by atoms with E-state index in [-0.39, 0.29) is 10.9 Å². The Morgan fingerprint density at radius 1 is 1.23 bits per heavy atom. The van der Waals surface area contributed by atoms with E-state index in [1.807, 2.05) is 18.2 Å². The third kappa shape index (κ3) is 3.76. The van der Waals surface area contributed by atoms with Crippen LogP contribution in [0.1, 0.15) is 27.0 Å². The Hall–Kier alpha value is -2.66. The van der Waals surface area contributed by atoms with Crippen LogP contribution in [0, 0.1) is 10.1 Å². The van der Waals surface area contributed by atoms with Gasteiger partial charge in [-0.1, -0.05) is 30.4 Å². The van der Waals surface area contributed by atoms with Crippen LogP contribution in [0.3, 0.4) is 0 Å². The van der Waals surface area contributed by atoms with Crippen LogP contribution in [0.2, 0.25) is 0 Å². The van der Waals surface area contributed by atoms with E-state index in [4.69, 9.17) is 4.98 Å². The van der Waals surface area contributed by atoms with Crippen molar-refractivity contribution in [3.8, 4) is 10.6 Å². The summed E-state index contributed by atoms with van der Waals surface area (Å²) in [5.41, 5.74) is 3.19. The Morgan fingerprint density at radius 3 is 2.81 bits per heavy atom. The van der Waals surface area contributed by atoms with Gasteiger partial charge in [0.1, 0.15) is 10.0 Å². The van der Waals surface area contributed by atoms with Crippen LogP contribution in [0.5, 0.6) is 0 Å². The average Bonchev–Trinajstić information content (AvgIpc) is 3.48. The summed E-state index contributed by atoms with van der Waals surface area (Å²) in [4.78, 5) is 32.2. The van der Waals surface area contributed by atoms with Gasteiger partial charge in [-0.05, 0) is 36.7 Å². The van der Waals surface area contributed by atoms with Gasteiger partial charge in [0, 0.05) is 29.6 Å². The first kappa shape index (κ1) is 20.3. The molecular formula is C21H18N4O3S3. The van der Waals surface area contributed by atoms with E-state index in [0.717, 1.165) is 63.2 Å². The lowest BCUT2D eigenvalue weighted by Crippen LogP contribution is -2.29. The van der Waals surface area contributed by atoms with Crippen LogP contribution < -0.4 is 5.32 Å². The van der Waals surface area contributed by atoms with Crippen molar-refractivity contribution in [2.45, 2.75) is 19.9 Å². The second-order valence-electron chi connectivity index (χ2n) is 7.16. The maximum atomic E-state index is 12.9. The number of rotatable bonds is 5. The Balaban J connectivity index is 1.56. The van der Waals surface area contributed by atoms with Crippen LogP contribution in [0.25, 0.3) is 20.8 Å². The predicted octanol–water partition coefficient (Wildman–Crippen LogP) is 5.62. The number of hydrogen-bond acceptors (Lipinski definition) is 8. The van der Waals surface area contributed by atoms with E-state index < -0.39 is 4.92 Å². The second kappa shape index (κ2) is 8.12. The highest BCUT2D eigenvalue weighted by molar-refractivity contribution is 7.23. The van der Waals surface area contributed by atoms with Crippen molar-refractivity contribution in [1.82, 2.24) is 9.88 Å². The van der Waals surface area contributed by atoms with E-state index in [1.165, 1.54) is 22.6 Å². The fourth-order valence-electron chi connectivity index (χ4n) is 3.73. The van der Waals surface area contributed by atoms with Crippen LogP contribution in [0.4, 0.5) is 10.0 Å². The Kier molecular flexibility index (Phi) is 5.30. The molecule has 1 aliphatic heterocycles. The van der Waals surface area contributed by atoms with Gasteiger partial charge in [0.05, 0.1) is 20.0 Å². The molecule has 0 bridgehead atoms. The van der Waals surface area contributed by atoms with E-state index in [1.54, 1.807) is 22.7 Å². The summed E-state index contributed by atoms with van der Waals surface area (Å²) < 4.78 is 1.11. The molecule has 0 unspecified atom stereocenters. The molecule has 0 spiro atoms. The number of amides is 1. The normalized spacial score (nSPS) is 14.0. The van der Waals surface area contributed by atoms with Gasteiger partial charge in [-0.25, -0.2) is 4.98 Å². The summed E-state index contributed by atoms with van der Waals surface area (Å²) in [7, 11) is 0. The van der Waals surface area contributed by atoms with Crippen LogP contribution in [-0.4, -0.2) is 33.8 Å². The van der Waals surface area contributed by atoms with Crippen molar-refractivity contribution < 1.29 is 9.72 Å². The number of carbonyl (C=O) groups is 1. The molecule has 1 N–H and O–H groups in total. The first-order chi connectivity index (χ1) is 15.0. The maximum absolute atomic E-state index is 12.9. The van der Waals surface area contributed by atoms with E-state index >= 15 is 0 Å². The standard InChI is InChI=1S/C21H18N4O3S3/c1-2-24-10-9-12-16(11-24)31-21(23-19(26)15-7-8-17(29-15)25(27)28)18(12)20-22-13-5-3-4-6-14(13)30-20/h3-8H,2,9-11H2,1H3,(H,23,26). The van der Waals surface area contributed by atoms with Gasteiger partial charge in [0.25, 0.3) is 5.91 Å². The van der Waals surface area contributed by atoms with Crippen LogP contribution >= 0.6 is 34.0 Å². The number of thiophene rings is 2. The van der Waals surface area contributed by atoms with Crippen molar-refractivity contribution >= 4 is 60.1 Å². The fourth-order valence-corrected chi connectivity index (χ4v) is 6.84. The monoisotopic (exact) mass is 470 g/mol. The molecule has 10 heteroatoms. The number of benzene rings is 1. The largest absolute Gasteiger partial charge is 0.324 e. The van der Waals surface area contributed by atoms with Crippen LogP contribution in [0.15, 0.2) is 36.4 Å². The number of nitrogens with one attached hydrogen (secondary N) is 1. The highest BCUT2D eigenvalue weighted by Crippen LogP contribution is 2.46. The minimum absolute atomic E-state index is 0.0411. The number of para-hydroxylation sites is 1. The van der Waals surface area contributed by atoms with Crippen molar-refractivity contribution in [2.24, 2.45) is 0 Å². The Labute approximate surface area is 190 Å². The first-order valence-electron chi connectivity index (χ1n) is 9.82. The zero-order valence-electron chi connectivity index (χ0n) is 16.6. The lowest BCUT2D eigenvalue weighted by molar-refractivity contribution is -0.380. The molecule has 158 valence electrons. The second-order valence-corrected chi connectivity index (χ2v) is 10.4. The lowest BCUT2D eigenvalue weighted by Gasteiger charge is -2.25. The number of nitro groups is 1. The lowest BCUT2D eigenvalue weighted by atomic mass is 10.0. The van der Waals surface area contributed by atoms with Crippen LogP contribution in [-0.2, 0) is 13.0 Å². The van der Waals surface area contributed by atoms with Gasteiger partial charge in [0.15, 0.2) is 0 Å². The molecule has 3 aromatic heterocycles. The number of aromatic nitrogens is 1. The molecule has 0 saturated carbocycles. The molecule has 0 radical (unpaired) electrons. The molecule has 0 aliphatic carbocycles. The zero-order chi connectivity index (χ0) is 21.5. The number of carbonyl (C=O) groups excluding carboxylic acids is 1. The van der Waals surface area contributed by atoms with Gasteiger partial charge in [-0.2, -0.15) is 0 Å². The maximum Gasteiger partial charge on any atom is 0.324 e. The van der Waals surface area contributed by atoms with Gasteiger partial charge in [-0.3, -0.25) is 19.8 Å². The van der Waals surface area contributed by atoms with Crippen molar-refractivity contribution in [1.29, 1.82) is 0 Å². The molecule has 0 atom stereocenters. The highest BCUT2D eigenvalue weighted by Gasteiger charge is 2.28. The number of anilines is 1. The number of nitrogens with zero attached hydrogens (tertiary/aromatic N) is 3. The predicted molar refractivity (Wildman–Crippen MR) is 127 cm³/mol. The molecule has 1 aliphatic rings. The topological polar surface area (TPSA) is 88.4 Å². The first-order valence-corrected chi connectivity index (χ1v) is 12.3. The van der Waals surface area contributed by atoms with Gasteiger partial charge in [-0.15, -0.1) is 22.7 Å². The smallest absolute Gasteiger partial charge is 0.312 e. The zero-order valence-corrected chi connectivity index (χ0v) is 19.0. The molecule has 7 nitrogen and oxygen atoms in total.